The zero-order chi connectivity index (χ0) is 41.6. The van der Waals surface area contributed by atoms with Gasteiger partial charge in [-0.2, -0.15) is 26.2 Å². The number of rotatable bonds is 9. The Morgan fingerprint density at radius 2 is 0.932 bits per heavy atom. The summed E-state index contributed by atoms with van der Waals surface area (Å²) >= 11 is 8.74. The van der Waals surface area contributed by atoms with E-state index in [9.17, 15) is 20.2 Å². The minimum atomic E-state index is -0.550. The van der Waals surface area contributed by atoms with Gasteiger partial charge in [0.1, 0.15) is 32.8 Å². The van der Waals surface area contributed by atoms with Crippen LogP contribution in [0.2, 0.25) is 5.02 Å². The van der Waals surface area contributed by atoms with Gasteiger partial charge in [-0.1, -0.05) is 103 Å². The molecule has 9 aromatic rings. The molecule has 0 saturated carbocycles. The number of hydrogen-bond donors (Lipinski definition) is 4. The molecule has 0 unspecified atom stereocenters. The molecule has 298 valence electrons. The van der Waals surface area contributed by atoms with Gasteiger partial charge in [0, 0.05) is 19.6 Å². The van der Waals surface area contributed by atoms with Gasteiger partial charge in [0.25, 0.3) is 0 Å². The van der Waals surface area contributed by atoms with Crippen molar-refractivity contribution in [2.45, 2.75) is 19.6 Å². The molecule has 0 aliphatic heterocycles. The third-order valence-corrected chi connectivity index (χ3v) is 10.2. The quantitative estimate of drug-likeness (QED) is 0.0600. The van der Waals surface area contributed by atoms with Gasteiger partial charge in [-0.05, 0) is 53.1 Å². The van der Waals surface area contributed by atoms with Gasteiger partial charge in [-0.15, -0.1) is 0 Å². The van der Waals surface area contributed by atoms with E-state index in [1.165, 1.54) is 28.9 Å². The normalized spacial score (nSPS) is 10.4. The highest BCUT2D eigenvalue weighted by Gasteiger charge is 2.22. The Hall–Kier alpha value is -6.77. The first-order valence-corrected chi connectivity index (χ1v) is 20.1. The van der Waals surface area contributed by atoms with E-state index in [2.05, 4.69) is 49.0 Å². The molecular weight excluding hydrogens is 832 g/mol. The van der Waals surface area contributed by atoms with Crippen LogP contribution in [0, 0.1) is 20.2 Å². The molecule has 6 aromatic carbocycles. The number of halogens is 1. The molecule has 0 radical (unpaired) electrons. The number of fused-ring (bicyclic) bond motifs is 3. The van der Waals surface area contributed by atoms with Gasteiger partial charge in [-0.3, -0.25) is 20.2 Å². The number of anilines is 3. The molecule has 0 aliphatic carbocycles. The Morgan fingerprint density at radius 3 is 1.41 bits per heavy atom. The number of nitrogens with two attached hydrogens (primary N) is 2. The first kappa shape index (κ1) is 41.9. The first-order chi connectivity index (χ1) is 28.7. The second-order valence-corrected chi connectivity index (χ2v) is 14.2. The monoisotopic (exact) mass is 864 g/mol. The van der Waals surface area contributed by atoms with Crippen LogP contribution in [0.5, 0.6) is 0 Å². The molecule has 0 bridgehead atoms. The van der Waals surface area contributed by atoms with E-state index < -0.39 is 9.85 Å². The number of nitro benzene ring substituents is 2. The lowest BCUT2D eigenvalue weighted by molar-refractivity contribution is -0.383. The van der Waals surface area contributed by atoms with Crippen LogP contribution >= 0.6 is 46.8 Å². The standard InChI is InChI=1S/C13H10N4O2S.C13H12N4S.C7H9N.C6H2ClN3O2S/c18-17(19)13-11(7-6-10-12(13)16-20-15-10)14-8-9-4-2-1-3-5-9;14-12-10(6-7-11-13(12)17-18-16-11)15-8-9-4-2-1-3-5-9;8-6-7-4-2-1-3-5-7;7-3-1-2-4-5(9-13-8-4)6(3)10(11)12/h1-7,14H,8H2;1-7,15H,8,14H2;1-5H,6,8H2;1-2H. The Kier molecular flexibility index (Phi) is 14.6. The highest BCUT2D eigenvalue weighted by molar-refractivity contribution is 7.00. The van der Waals surface area contributed by atoms with Crippen molar-refractivity contribution in [2.75, 3.05) is 16.4 Å². The Balaban J connectivity index is 0.000000138. The van der Waals surface area contributed by atoms with Gasteiger partial charge < -0.3 is 22.1 Å². The van der Waals surface area contributed by atoms with Crippen LogP contribution in [0.4, 0.5) is 28.4 Å². The number of nitro groups is 2. The van der Waals surface area contributed by atoms with E-state index >= 15 is 0 Å². The molecule has 0 atom stereocenters. The van der Waals surface area contributed by atoms with E-state index in [4.69, 9.17) is 23.1 Å². The minimum absolute atomic E-state index is 0.0211. The van der Waals surface area contributed by atoms with Gasteiger partial charge in [0.05, 0.1) is 56.4 Å². The van der Waals surface area contributed by atoms with E-state index in [0.717, 1.165) is 52.3 Å². The maximum Gasteiger partial charge on any atom is 0.321 e. The smallest absolute Gasteiger partial charge is 0.321 e. The van der Waals surface area contributed by atoms with Crippen molar-refractivity contribution in [1.29, 1.82) is 0 Å². The number of aromatic nitrogens is 6. The highest BCUT2D eigenvalue weighted by atomic mass is 35.5. The second-order valence-electron chi connectivity index (χ2n) is 12.2. The Labute approximate surface area is 353 Å². The van der Waals surface area contributed by atoms with Crippen molar-refractivity contribution in [2.24, 2.45) is 5.73 Å². The van der Waals surface area contributed by atoms with Crippen molar-refractivity contribution < 1.29 is 9.85 Å². The van der Waals surface area contributed by atoms with Crippen LogP contribution in [0.15, 0.2) is 127 Å². The maximum absolute atomic E-state index is 11.2. The molecular formula is C39H33ClN12O4S3. The average Bonchev–Trinajstić information content (AvgIpc) is 4.06. The number of hydrogen-bond acceptors (Lipinski definition) is 17. The summed E-state index contributed by atoms with van der Waals surface area (Å²) in [5, 5.41) is 28.3. The maximum atomic E-state index is 11.2. The van der Waals surface area contributed by atoms with Gasteiger partial charge in [0.2, 0.25) is 0 Å². The van der Waals surface area contributed by atoms with E-state index in [-0.39, 0.29) is 21.9 Å². The molecule has 0 aliphatic rings. The van der Waals surface area contributed by atoms with E-state index in [1.54, 1.807) is 18.2 Å². The summed E-state index contributed by atoms with van der Waals surface area (Å²) in [6.07, 6.45) is 0. The first-order valence-electron chi connectivity index (χ1n) is 17.5. The van der Waals surface area contributed by atoms with Gasteiger partial charge >= 0.3 is 11.4 Å². The Bertz CT molecular complexity index is 2780. The van der Waals surface area contributed by atoms with Crippen LogP contribution in [0.1, 0.15) is 16.7 Å². The lowest BCUT2D eigenvalue weighted by atomic mass is 10.2. The van der Waals surface area contributed by atoms with Gasteiger partial charge in [-0.25, -0.2) is 0 Å². The number of nitrogens with zero attached hydrogens (tertiary/aromatic N) is 8. The average molecular weight is 865 g/mol. The van der Waals surface area contributed by atoms with E-state index in [1.807, 2.05) is 91.0 Å². The SMILES string of the molecule is NCc1ccccc1.Nc1c(NCc2ccccc2)ccc2nsnc12.O=[N+]([O-])c1c(Cl)ccc2nsnc12.O=[N+]([O-])c1c(NCc2ccccc2)ccc2nsnc12. The molecule has 20 heteroatoms. The predicted molar refractivity (Wildman–Crippen MR) is 237 cm³/mol. The van der Waals surface area contributed by atoms with Crippen molar-refractivity contribution >= 4 is 108 Å². The third kappa shape index (κ3) is 11.0. The van der Waals surface area contributed by atoms with Crippen LogP contribution < -0.4 is 22.1 Å². The van der Waals surface area contributed by atoms with E-state index in [0.29, 0.717) is 41.0 Å². The molecule has 9 rings (SSSR count). The molecule has 3 aromatic heterocycles. The highest BCUT2D eigenvalue weighted by Crippen LogP contribution is 2.33. The zero-order valence-corrected chi connectivity index (χ0v) is 33.9. The second kappa shape index (κ2) is 20.6. The third-order valence-electron chi connectivity index (χ3n) is 8.32. The summed E-state index contributed by atoms with van der Waals surface area (Å²) < 4.78 is 24.1. The summed E-state index contributed by atoms with van der Waals surface area (Å²) in [6.45, 7) is 1.90. The summed E-state index contributed by atoms with van der Waals surface area (Å²) in [6, 6.07) is 40.2. The topological polar surface area (TPSA) is 240 Å². The Morgan fingerprint density at radius 1 is 0.525 bits per heavy atom. The van der Waals surface area contributed by atoms with Crippen LogP contribution in [0.3, 0.4) is 0 Å². The zero-order valence-electron chi connectivity index (χ0n) is 30.7. The molecule has 6 N–H and O–H groups in total. The summed E-state index contributed by atoms with van der Waals surface area (Å²) in [5.41, 5.74) is 20.0. The van der Waals surface area contributed by atoms with Crippen LogP contribution in [0.25, 0.3) is 33.1 Å². The van der Waals surface area contributed by atoms with Gasteiger partial charge in [0.15, 0.2) is 11.0 Å². The van der Waals surface area contributed by atoms with Crippen molar-refractivity contribution in [3.8, 4) is 0 Å². The number of benzene rings is 6. The molecule has 0 saturated heterocycles. The summed E-state index contributed by atoms with van der Waals surface area (Å²) in [4.78, 5) is 20.9. The molecule has 0 amide bonds. The molecule has 0 fully saturated rings. The fourth-order valence-electron chi connectivity index (χ4n) is 5.38. The fourth-order valence-corrected chi connectivity index (χ4v) is 7.22. The molecule has 3 heterocycles. The molecule has 59 heavy (non-hydrogen) atoms. The number of nitrogens with one attached hydrogen (secondary N) is 2. The lowest BCUT2D eigenvalue weighted by Gasteiger charge is -2.09. The summed E-state index contributed by atoms with van der Waals surface area (Å²) in [7, 11) is 0. The lowest BCUT2D eigenvalue weighted by Crippen LogP contribution is -2.03. The fraction of sp³-hybridized carbons (Fsp3) is 0.0769. The summed E-state index contributed by atoms with van der Waals surface area (Å²) in [5.74, 6) is 0. The molecule has 16 nitrogen and oxygen atoms in total. The number of nitrogen functional groups attached to an aromatic ring is 1. The minimum Gasteiger partial charge on any atom is -0.395 e. The predicted octanol–water partition coefficient (Wildman–Crippen LogP) is 9.50. The van der Waals surface area contributed by atoms with Crippen LogP contribution in [-0.2, 0) is 19.6 Å². The molecule has 0 spiro atoms. The van der Waals surface area contributed by atoms with Crippen LogP contribution in [-0.4, -0.2) is 36.1 Å². The van der Waals surface area contributed by atoms with Crippen molar-refractivity contribution in [1.82, 2.24) is 26.2 Å². The van der Waals surface area contributed by atoms with Crippen molar-refractivity contribution in [3.05, 3.63) is 169 Å². The van der Waals surface area contributed by atoms with Crippen molar-refractivity contribution in [3.63, 3.8) is 0 Å². The largest absolute Gasteiger partial charge is 0.395 e.